The minimum absolute atomic E-state index is 0.537. The highest BCUT2D eigenvalue weighted by molar-refractivity contribution is 6.30. The van der Waals surface area contributed by atoms with Gasteiger partial charge in [0.15, 0.2) is 0 Å². The quantitative estimate of drug-likeness (QED) is 0.787. The molecule has 1 aliphatic carbocycles. The van der Waals surface area contributed by atoms with Crippen LogP contribution in [0.4, 0.5) is 5.82 Å². The second-order valence-electron chi connectivity index (χ2n) is 4.30. The van der Waals surface area contributed by atoms with Gasteiger partial charge in [0.1, 0.15) is 17.3 Å². The summed E-state index contributed by atoms with van der Waals surface area (Å²) >= 11 is 5.94. The van der Waals surface area contributed by atoms with E-state index >= 15 is 0 Å². The van der Waals surface area contributed by atoms with Crippen molar-refractivity contribution in [1.82, 2.24) is 9.97 Å². The highest BCUT2D eigenvalue weighted by Crippen LogP contribution is 2.29. The molecule has 1 aromatic rings. The Morgan fingerprint density at radius 3 is 2.87 bits per heavy atom. The Balaban J connectivity index is 2.13. The van der Waals surface area contributed by atoms with Gasteiger partial charge < -0.3 is 5.32 Å². The third-order valence-electron chi connectivity index (χ3n) is 3.21. The van der Waals surface area contributed by atoms with Gasteiger partial charge in [-0.25, -0.2) is 9.97 Å². The molecule has 0 saturated heterocycles. The number of anilines is 1. The molecule has 82 valence electrons. The van der Waals surface area contributed by atoms with Gasteiger partial charge in [-0.05, 0) is 25.7 Å². The van der Waals surface area contributed by atoms with Crippen LogP contribution in [0.3, 0.4) is 0 Å². The molecule has 2 atom stereocenters. The molecule has 1 saturated carbocycles. The van der Waals surface area contributed by atoms with Crippen LogP contribution >= 0.6 is 11.6 Å². The molecule has 0 bridgehead atoms. The van der Waals surface area contributed by atoms with Gasteiger partial charge in [0, 0.05) is 11.6 Å². The van der Waals surface area contributed by atoms with Crippen molar-refractivity contribution < 1.29 is 0 Å². The summed E-state index contributed by atoms with van der Waals surface area (Å²) in [5.74, 6) is 1.60. The molecule has 1 aliphatic rings. The second kappa shape index (κ2) is 4.35. The molecule has 1 heterocycles. The van der Waals surface area contributed by atoms with Crippen LogP contribution in [-0.4, -0.2) is 16.0 Å². The first kappa shape index (κ1) is 10.7. The zero-order valence-corrected chi connectivity index (χ0v) is 9.88. The van der Waals surface area contributed by atoms with Gasteiger partial charge in [0.2, 0.25) is 0 Å². The van der Waals surface area contributed by atoms with E-state index in [1.54, 1.807) is 0 Å². The Morgan fingerprint density at radius 2 is 2.20 bits per heavy atom. The number of nitrogens with one attached hydrogen (secondary N) is 1. The number of nitrogens with zero attached hydrogens (tertiary/aromatic N) is 2. The maximum absolute atomic E-state index is 5.94. The smallest absolute Gasteiger partial charge is 0.137 e. The van der Waals surface area contributed by atoms with E-state index in [-0.39, 0.29) is 0 Å². The summed E-state index contributed by atoms with van der Waals surface area (Å²) in [6, 6.07) is 0.537. The number of hydrogen-bond acceptors (Lipinski definition) is 3. The first-order valence-corrected chi connectivity index (χ1v) is 5.80. The maximum atomic E-state index is 5.94. The molecule has 2 rings (SSSR count). The van der Waals surface area contributed by atoms with Gasteiger partial charge in [0.05, 0.1) is 0 Å². The highest BCUT2D eigenvalue weighted by Gasteiger charge is 2.24. The molecule has 1 aromatic heterocycles. The molecule has 0 aliphatic heterocycles. The fourth-order valence-corrected chi connectivity index (χ4v) is 2.24. The highest BCUT2D eigenvalue weighted by atomic mass is 35.5. The van der Waals surface area contributed by atoms with Gasteiger partial charge in [-0.1, -0.05) is 24.9 Å². The monoisotopic (exact) mass is 225 g/mol. The number of rotatable bonds is 2. The van der Waals surface area contributed by atoms with E-state index in [1.165, 1.54) is 25.6 Å². The average molecular weight is 226 g/mol. The van der Waals surface area contributed by atoms with E-state index < -0.39 is 0 Å². The van der Waals surface area contributed by atoms with Gasteiger partial charge in [0.25, 0.3) is 0 Å². The lowest BCUT2D eigenvalue weighted by molar-refractivity contribution is 0.554. The standard InChI is InChI=1S/C11H16ClN3/c1-7-4-3-5-9(7)15-11-8(2)10(12)13-6-14-11/h6-7,9H,3-5H2,1-2H3,(H,13,14,15). The van der Waals surface area contributed by atoms with Crippen LogP contribution in [0.25, 0.3) is 0 Å². The topological polar surface area (TPSA) is 37.8 Å². The first-order chi connectivity index (χ1) is 7.18. The van der Waals surface area contributed by atoms with Crippen molar-refractivity contribution in [1.29, 1.82) is 0 Å². The molecule has 0 spiro atoms. The van der Waals surface area contributed by atoms with Crippen LogP contribution < -0.4 is 5.32 Å². The first-order valence-electron chi connectivity index (χ1n) is 5.42. The summed E-state index contributed by atoms with van der Waals surface area (Å²) in [6.45, 7) is 4.23. The molecule has 1 N–H and O–H groups in total. The van der Waals surface area contributed by atoms with Crippen molar-refractivity contribution in [3.63, 3.8) is 0 Å². The van der Waals surface area contributed by atoms with E-state index in [0.29, 0.717) is 11.2 Å². The average Bonchev–Trinajstić information content (AvgIpc) is 2.60. The number of hydrogen-bond donors (Lipinski definition) is 1. The molecular formula is C11H16ClN3. The lowest BCUT2D eigenvalue weighted by atomic mass is 10.1. The number of aromatic nitrogens is 2. The van der Waals surface area contributed by atoms with Crippen LogP contribution in [0.5, 0.6) is 0 Å². The zero-order chi connectivity index (χ0) is 10.8. The Labute approximate surface area is 95.3 Å². The van der Waals surface area contributed by atoms with Crippen molar-refractivity contribution in [3.05, 3.63) is 17.0 Å². The predicted octanol–water partition coefficient (Wildman–Crippen LogP) is 3.04. The Morgan fingerprint density at radius 1 is 1.40 bits per heavy atom. The van der Waals surface area contributed by atoms with Crippen LogP contribution in [0.1, 0.15) is 31.7 Å². The van der Waals surface area contributed by atoms with E-state index in [2.05, 4.69) is 22.2 Å². The Kier molecular flexibility index (Phi) is 3.10. The second-order valence-corrected chi connectivity index (χ2v) is 4.66. The largest absolute Gasteiger partial charge is 0.367 e. The van der Waals surface area contributed by atoms with Crippen LogP contribution in [0.15, 0.2) is 6.33 Å². The summed E-state index contributed by atoms with van der Waals surface area (Å²) in [4.78, 5) is 8.18. The van der Waals surface area contributed by atoms with Crippen LogP contribution in [-0.2, 0) is 0 Å². The predicted molar refractivity (Wildman–Crippen MR) is 62.2 cm³/mol. The van der Waals surface area contributed by atoms with Gasteiger partial charge in [-0.15, -0.1) is 0 Å². The van der Waals surface area contributed by atoms with E-state index in [0.717, 1.165) is 17.3 Å². The van der Waals surface area contributed by atoms with Gasteiger partial charge in [-0.2, -0.15) is 0 Å². The van der Waals surface area contributed by atoms with Crippen molar-refractivity contribution >= 4 is 17.4 Å². The van der Waals surface area contributed by atoms with Crippen molar-refractivity contribution in [2.75, 3.05) is 5.32 Å². The molecule has 2 unspecified atom stereocenters. The lowest BCUT2D eigenvalue weighted by Crippen LogP contribution is -2.23. The van der Waals surface area contributed by atoms with E-state index in [1.807, 2.05) is 6.92 Å². The van der Waals surface area contributed by atoms with Gasteiger partial charge >= 0.3 is 0 Å². The minimum Gasteiger partial charge on any atom is -0.367 e. The number of halogens is 1. The maximum Gasteiger partial charge on any atom is 0.137 e. The van der Waals surface area contributed by atoms with Crippen LogP contribution in [0, 0.1) is 12.8 Å². The summed E-state index contributed by atoms with van der Waals surface area (Å²) < 4.78 is 0. The van der Waals surface area contributed by atoms with E-state index in [4.69, 9.17) is 11.6 Å². The molecule has 15 heavy (non-hydrogen) atoms. The minimum atomic E-state index is 0.537. The van der Waals surface area contributed by atoms with E-state index in [9.17, 15) is 0 Å². The van der Waals surface area contributed by atoms with Crippen molar-refractivity contribution in [2.24, 2.45) is 5.92 Å². The summed E-state index contributed by atoms with van der Waals surface area (Å²) in [7, 11) is 0. The molecule has 1 fully saturated rings. The lowest BCUT2D eigenvalue weighted by Gasteiger charge is -2.19. The van der Waals surface area contributed by atoms with Crippen molar-refractivity contribution in [2.45, 2.75) is 39.2 Å². The Hall–Kier alpha value is -0.830. The van der Waals surface area contributed by atoms with Crippen molar-refractivity contribution in [3.8, 4) is 0 Å². The molecule has 4 heteroatoms. The third kappa shape index (κ3) is 2.23. The zero-order valence-electron chi connectivity index (χ0n) is 9.13. The summed E-state index contributed by atoms with van der Waals surface area (Å²) in [5, 5.41) is 4.00. The third-order valence-corrected chi connectivity index (χ3v) is 3.59. The van der Waals surface area contributed by atoms with Gasteiger partial charge in [-0.3, -0.25) is 0 Å². The van der Waals surface area contributed by atoms with Crippen LogP contribution in [0.2, 0.25) is 5.15 Å². The summed E-state index contributed by atoms with van der Waals surface area (Å²) in [6.07, 6.45) is 5.34. The molecular weight excluding hydrogens is 210 g/mol. The molecule has 0 aromatic carbocycles. The molecule has 3 nitrogen and oxygen atoms in total. The Bertz CT molecular complexity index is 354. The molecule has 0 radical (unpaired) electrons. The SMILES string of the molecule is Cc1c(Cl)ncnc1NC1CCCC1C. The normalized spacial score (nSPS) is 25.5. The molecule has 0 amide bonds. The summed E-state index contributed by atoms with van der Waals surface area (Å²) in [5.41, 5.74) is 0.943. The fraction of sp³-hybridized carbons (Fsp3) is 0.636. The fourth-order valence-electron chi connectivity index (χ4n) is 2.11.